The van der Waals surface area contributed by atoms with E-state index in [4.69, 9.17) is 0 Å². The first-order valence-electron chi connectivity index (χ1n) is 6.64. The Balaban J connectivity index is 2.09. The molecule has 0 bridgehead atoms. The van der Waals surface area contributed by atoms with Gasteiger partial charge in [-0.2, -0.15) is 5.10 Å². The second-order valence-corrected chi connectivity index (χ2v) is 4.52. The van der Waals surface area contributed by atoms with Gasteiger partial charge in [-0.05, 0) is 49.2 Å². The van der Waals surface area contributed by atoms with Crippen molar-refractivity contribution in [3.63, 3.8) is 0 Å². The highest BCUT2D eigenvalue weighted by Crippen LogP contribution is 2.17. The molecule has 0 aliphatic rings. The zero-order valence-electron chi connectivity index (χ0n) is 11.7. The zero-order valence-corrected chi connectivity index (χ0v) is 11.7. The predicted octanol–water partition coefficient (Wildman–Crippen LogP) is 2.86. The highest BCUT2D eigenvalue weighted by Gasteiger charge is 2.08. The summed E-state index contributed by atoms with van der Waals surface area (Å²) in [6.45, 7) is 5.02. The van der Waals surface area contributed by atoms with E-state index < -0.39 is 0 Å². The number of hydrogen-bond donors (Lipinski definition) is 2. The number of rotatable bonds is 5. The standard InChI is InChI=1S/C15H18N4O/c1-3-8-16-13-7-6-12(10-11(13)2)15(20)18-14-5-4-9-17-19-14/h4-7,9-10,16H,3,8H2,1-2H3,(H,18,19,20). The molecule has 0 saturated heterocycles. The second-order valence-electron chi connectivity index (χ2n) is 4.52. The number of aryl methyl sites for hydroxylation is 1. The molecular formula is C15H18N4O. The Morgan fingerprint density at radius 3 is 2.80 bits per heavy atom. The van der Waals surface area contributed by atoms with Crippen LogP contribution in [0.2, 0.25) is 0 Å². The third-order valence-corrected chi connectivity index (χ3v) is 2.87. The van der Waals surface area contributed by atoms with Gasteiger partial charge in [0.1, 0.15) is 0 Å². The number of nitrogens with one attached hydrogen (secondary N) is 2. The molecule has 0 saturated carbocycles. The van der Waals surface area contributed by atoms with Crippen molar-refractivity contribution in [2.24, 2.45) is 0 Å². The molecule has 104 valence electrons. The quantitative estimate of drug-likeness (QED) is 0.876. The van der Waals surface area contributed by atoms with Crippen LogP contribution in [0.3, 0.4) is 0 Å². The minimum absolute atomic E-state index is 0.185. The van der Waals surface area contributed by atoms with E-state index in [1.165, 1.54) is 0 Å². The van der Waals surface area contributed by atoms with Gasteiger partial charge in [-0.15, -0.1) is 5.10 Å². The van der Waals surface area contributed by atoms with E-state index in [9.17, 15) is 4.79 Å². The van der Waals surface area contributed by atoms with Crippen molar-refractivity contribution in [2.75, 3.05) is 17.2 Å². The lowest BCUT2D eigenvalue weighted by Crippen LogP contribution is -2.13. The second kappa shape index (κ2) is 6.65. The van der Waals surface area contributed by atoms with Crippen molar-refractivity contribution >= 4 is 17.4 Å². The van der Waals surface area contributed by atoms with Crippen LogP contribution in [0.15, 0.2) is 36.5 Å². The molecule has 0 atom stereocenters. The van der Waals surface area contributed by atoms with Crippen molar-refractivity contribution in [1.29, 1.82) is 0 Å². The number of carbonyl (C=O) groups excluding carboxylic acids is 1. The minimum atomic E-state index is -0.185. The molecule has 0 radical (unpaired) electrons. The third-order valence-electron chi connectivity index (χ3n) is 2.87. The zero-order chi connectivity index (χ0) is 14.4. The van der Waals surface area contributed by atoms with E-state index >= 15 is 0 Å². The first-order valence-corrected chi connectivity index (χ1v) is 6.64. The molecule has 5 heteroatoms. The highest BCUT2D eigenvalue weighted by molar-refractivity contribution is 6.04. The van der Waals surface area contributed by atoms with Gasteiger partial charge in [0.05, 0.1) is 0 Å². The van der Waals surface area contributed by atoms with Crippen LogP contribution < -0.4 is 10.6 Å². The van der Waals surface area contributed by atoms with E-state index in [0.717, 1.165) is 24.2 Å². The van der Waals surface area contributed by atoms with Crippen LogP contribution in [0.1, 0.15) is 29.3 Å². The van der Waals surface area contributed by atoms with Crippen LogP contribution in [0, 0.1) is 6.92 Å². The Labute approximate surface area is 118 Å². The topological polar surface area (TPSA) is 66.9 Å². The fraction of sp³-hybridized carbons (Fsp3) is 0.267. The largest absolute Gasteiger partial charge is 0.385 e. The maximum Gasteiger partial charge on any atom is 0.256 e. The lowest BCUT2D eigenvalue weighted by Gasteiger charge is -2.10. The predicted molar refractivity (Wildman–Crippen MR) is 79.9 cm³/mol. The fourth-order valence-electron chi connectivity index (χ4n) is 1.82. The van der Waals surface area contributed by atoms with Crippen LogP contribution in [0.25, 0.3) is 0 Å². The van der Waals surface area contributed by atoms with E-state index in [-0.39, 0.29) is 5.91 Å². The van der Waals surface area contributed by atoms with Crippen molar-refractivity contribution in [3.05, 3.63) is 47.7 Å². The van der Waals surface area contributed by atoms with Crippen LogP contribution in [-0.2, 0) is 0 Å². The highest BCUT2D eigenvalue weighted by atomic mass is 16.1. The first-order chi connectivity index (χ1) is 9.70. The third kappa shape index (κ3) is 3.54. The van der Waals surface area contributed by atoms with Crippen molar-refractivity contribution in [1.82, 2.24) is 10.2 Å². The average Bonchev–Trinajstić information content (AvgIpc) is 2.47. The molecule has 20 heavy (non-hydrogen) atoms. The number of hydrogen-bond acceptors (Lipinski definition) is 4. The Kier molecular flexibility index (Phi) is 4.65. The Hall–Kier alpha value is -2.43. The Morgan fingerprint density at radius 2 is 2.15 bits per heavy atom. The van der Waals surface area contributed by atoms with Crippen molar-refractivity contribution in [3.8, 4) is 0 Å². The number of anilines is 2. The maximum atomic E-state index is 12.1. The Morgan fingerprint density at radius 1 is 1.30 bits per heavy atom. The summed E-state index contributed by atoms with van der Waals surface area (Å²) in [6, 6.07) is 9.03. The van der Waals surface area contributed by atoms with Gasteiger partial charge in [-0.3, -0.25) is 4.79 Å². The molecule has 2 rings (SSSR count). The van der Waals surface area contributed by atoms with Gasteiger partial charge >= 0.3 is 0 Å². The van der Waals surface area contributed by atoms with Crippen LogP contribution in [-0.4, -0.2) is 22.6 Å². The number of benzene rings is 1. The summed E-state index contributed by atoms with van der Waals surface area (Å²) in [5.41, 5.74) is 2.71. The minimum Gasteiger partial charge on any atom is -0.385 e. The number of amides is 1. The van der Waals surface area contributed by atoms with Gasteiger partial charge < -0.3 is 10.6 Å². The Bertz CT molecular complexity index is 584. The number of carbonyl (C=O) groups is 1. The molecule has 2 aromatic rings. The smallest absolute Gasteiger partial charge is 0.256 e. The van der Waals surface area contributed by atoms with Gasteiger partial charge in [0, 0.05) is 24.0 Å². The van der Waals surface area contributed by atoms with Gasteiger partial charge in [-0.25, -0.2) is 0 Å². The molecule has 0 aliphatic heterocycles. The van der Waals surface area contributed by atoms with E-state index in [0.29, 0.717) is 11.4 Å². The first kappa shape index (κ1) is 14.0. The maximum absolute atomic E-state index is 12.1. The van der Waals surface area contributed by atoms with Gasteiger partial charge in [0.15, 0.2) is 5.82 Å². The molecule has 1 heterocycles. The lowest BCUT2D eigenvalue weighted by atomic mass is 10.1. The molecule has 1 aromatic carbocycles. The summed E-state index contributed by atoms with van der Waals surface area (Å²) >= 11 is 0. The van der Waals surface area contributed by atoms with Crippen LogP contribution in [0.4, 0.5) is 11.5 Å². The number of nitrogens with zero attached hydrogens (tertiary/aromatic N) is 2. The fourth-order valence-corrected chi connectivity index (χ4v) is 1.82. The van der Waals surface area contributed by atoms with Gasteiger partial charge in [-0.1, -0.05) is 6.92 Å². The van der Waals surface area contributed by atoms with Crippen LogP contribution in [0.5, 0.6) is 0 Å². The molecule has 0 unspecified atom stereocenters. The van der Waals surface area contributed by atoms with Crippen molar-refractivity contribution in [2.45, 2.75) is 20.3 Å². The van der Waals surface area contributed by atoms with Crippen LogP contribution >= 0.6 is 0 Å². The average molecular weight is 270 g/mol. The molecule has 0 spiro atoms. The van der Waals surface area contributed by atoms with E-state index in [2.05, 4.69) is 27.8 Å². The molecule has 5 nitrogen and oxygen atoms in total. The van der Waals surface area contributed by atoms with Crippen molar-refractivity contribution < 1.29 is 4.79 Å². The normalized spacial score (nSPS) is 10.1. The summed E-state index contributed by atoms with van der Waals surface area (Å²) < 4.78 is 0. The SMILES string of the molecule is CCCNc1ccc(C(=O)Nc2cccnn2)cc1C. The summed E-state index contributed by atoms with van der Waals surface area (Å²) in [5, 5.41) is 13.6. The van der Waals surface area contributed by atoms with E-state index in [1.807, 2.05) is 19.1 Å². The van der Waals surface area contributed by atoms with Gasteiger partial charge in [0.25, 0.3) is 5.91 Å². The molecule has 0 aliphatic carbocycles. The monoisotopic (exact) mass is 270 g/mol. The number of aromatic nitrogens is 2. The van der Waals surface area contributed by atoms with Gasteiger partial charge in [0.2, 0.25) is 0 Å². The molecular weight excluding hydrogens is 252 g/mol. The van der Waals surface area contributed by atoms with E-state index in [1.54, 1.807) is 24.4 Å². The molecule has 1 aromatic heterocycles. The molecule has 2 N–H and O–H groups in total. The molecule has 1 amide bonds. The summed E-state index contributed by atoms with van der Waals surface area (Å²) in [4.78, 5) is 12.1. The lowest BCUT2D eigenvalue weighted by molar-refractivity contribution is 0.102. The summed E-state index contributed by atoms with van der Waals surface area (Å²) in [5.74, 6) is 0.263. The summed E-state index contributed by atoms with van der Waals surface area (Å²) in [7, 11) is 0. The summed E-state index contributed by atoms with van der Waals surface area (Å²) in [6.07, 6.45) is 2.63. The molecule has 0 fully saturated rings.